The Morgan fingerprint density at radius 3 is 2.88 bits per heavy atom. The van der Waals surface area contributed by atoms with Crippen LogP contribution in [0.2, 0.25) is 0 Å². The van der Waals surface area contributed by atoms with E-state index < -0.39 is 11.9 Å². The SMILES string of the molecule is CCCCNC(=O)NC(=O)c1cccnc1. The summed E-state index contributed by atoms with van der Waals surface area (Å²) in [7, 11) is 0. The Bertz CT molecular complexity index is 352. The first-order valence-corrected chi connectivity index (χ1v) is 5.23. The molecule has 0 saturated carbocycles. The third-order valence-electron chi connectivity index (χ3n) is 1.97. The van der Waals surface area contributed by atoms with Crippen LogP contribution in [-0.2, 0) is 0 Å². The number of urea groups is 1. The highest BCUT2D eigenvalue weighted by Crippen LogP contribution is 1.94. The number of imide groups is 1. The minimum Gasteiger partial charge on any atom is -0.338 e. The van der Waals surface area contributed by atoms with E-state index in [9.17, 15) is 9.59 Å². The van der Waals surface area contributed by atoms with Crippen LogP contribution in [0.15, 0.2) is 24.5 Å². The Kier molecular flexibility index (Phi) is 4.98. The van der Waals surface area contributed by atoms with Crippen LogP contribution < -0.4 is 10.6 Å². The Morgan fingerprint density at radius 2 is 2.25 bits per heavy atom. The van der Waals surface area contributed by atoms with E-state index in [-0.39, 0.29) is 0 Å². The number of unbranched alkanes of at least 4 members (excludes halogenated alkanes) is 1. The van der Waals surface area contributed by atoms with Crippen LogP contribution in [0, 0.1) is 0 Å². The molecule has 0 aliphatic heterocycles. The molecule has 0 atom stereocenters. The maximum absolute atomic E-state index is 11.5. The summed E-state index contributed by atoms with van der Waals surface area (Å²) < 4.78 is 0. The van der Waals surface area contributed by atoms with E-state index in [2.05, 4.69) is 15.6 Å². The molecule has 0 fully saturated rings. The molecule has 0 spiro atoms. The van der Waals surface area contributed by atoms with Gasteiger partial charge in [-0.05, 0) is 18.6 Å². The molecule has 2 N–H and O–H groups in total. The molecule has 1 aromatic heterocycles. The second-order valence-electron chi connectivity index (χ2n) is 3.31. The van der Waals surface area contributed by atoms with E-state index in [0.717, 1.165) is 12.8 Å². The van der Waals surface area contributed by atoms with Crippen molar-refractivity contribution in [2.45, 2.75) is 19.8 Å². The van der Waals surface area contributed by atoms with E-state index in [1.165, 1.54) is 6.20 Å². The van der Waals surface area contributed by atoms with Crippen LogP contribution in [0.5, 0.6) is 0 Å². The minimum atomic E-state index is -0.470. The standard InChI is InChI=1S/C11H15N3O2/c1-2-3-7-13-11(16)14-10(15)9-5-4-6-12-8-9/h4-6,8H,2-3,7H2,1H3,(H2,13,14,15,16). The van der Waals surface area contributed by atoms with Crippen molar-refractivity contribution in [3.63, 3.8) is 0 Å². The van der Waals surface area contributed by atoms with Gasteiger partial charge in [0.25, 0.3) is 5.91 Å². The molecule has 0 aliphatic rings. The average Bonchev–Trinajstić information content (AvgIpc) is 2.30. The molecule has 0 aliphatic carbocycles. The zero-order valence-corrected chi connectivity index (χ0v) is 9.19. The van der Waals surface area contributed by atoms with Crippen LogP contribution in [0.25, 0.3) is 0 Å². The Balaban J connectivity index is 2.37. The number of hydrogen-bond acceptors (Lipinski definition) is 3. The Hall–Kier alpha value is -1.91. The monoisotopic (exact) mass is 221 g/mol. The molecular weight excluding hydrogens is 206 g/mol. The lowest BCUT2D eigenvalue weighted by Gasteiger charge is -2.05. The predicted octanol–water partition coefficient (Wildman–Crippen LogP) is 1.32. The summed E-state index contributed by atoms with van der Waals surface area (Å²) >= 11 is 0. The van der Waals surface area contributed by atoms with Gasteiger partial charge in [-0.3, -0.25) is 15.1 Å². The first-order chi connectivity index (χ1) is 7.74. The maximum Gasteiger partial charge on any atom is 0.321 e. The molecule has 1 heterocycles. The summed E-state index contributed by atoms with van der Waals surface area (Å²) in [6.45, 7) is 2.60. The molecule has 5 nitrogen and oxygen atoms in total. The number of aromatic nitrogens is 1. The van der Waals surface area contributed by atoms with E-state index in [4.69, 9.17) is 0 Å². The smallest absolute Gasteiger partial charge is 0.321 e. The number of amides is 3. The summed E-state index contributed by atoms with van der Waals surface area (Å²) in [5.41, 5.74) is 0.369. The molecular formula is C11H15N3O2. The average molecular weight is 221 g/mol. The number of pyridine rings is 1. The van der Waals surface area contributed by atoms with Gasteiger partial charge in [-0.15, -0.1) is 0 Å². The van der Waals surface area contributed by atoms with Crippen molar-refractivity contribution < 1.29 is 9.59 Å². The molecule has 1 aromatic rings. The molecule has 3 amide bonds. The van der Waals surface area contributed by atoms with Gasteiger partial charge in [0.15, 0.2) is 0 Å². The van der Waals surface area contributed by atoms with Crippen LogP contribution in [0.4, 0.5) is 4.79 Å². The zero-order chi connectivity index (χ0) is 11.8. The summed E-state index contributed by atoms with van der Waals surface area (Å²) in [5, 5.41) is 4.82. The van der Waals surface area contributed by atoms with Crippen LogP contribution in [-0.4, -0.2) is 23.5 Å². The fourth-order valence-corrected chi connectivity index (χ4v) is 1.10. The van der Waals surface area contributed by atoms with Gasteiger partial charge in [-0.25, -0.2) is 4.79 Å². The van der Waals surface area contributed by atoms with Crippen LogP contribution in [0.1, 0.15) is 30.1 Å². The fourth-order valence-electron chi connectivity index (χ4n) is 1.10. The van der Waals surface area contributed by atoms with Crippen molar-refractivity contribution in [2.24, 2.45) is 0 Å². The zero-order valence-electron chi connectivity index (χ0n) is 9.19. The summed E-state index contributed by atoms with van der Waals surface area (Å²) in [6, 6.07) is 2.77. The normalized spacial score (nSPS) is 9.56. The van der Waals surface area contributed by atoms with Crippen LogP contribution in [0.3, 0.4) is 0 Å². The van der Waals surface area contributed by atoms with Gasteiger partial charge in [0.2, 0.25) is 0 Å². The number of nitrogens with zero attached hydrogens (tertiary/aromatic N) is 1. The molecule has 5 heteroatoms. The molecule has 16 heavy (non-hydrogen) atoms. The lowest BCUT2D eigenvalue weighted by molar-refractivity contribution is 0.0963. The second-order valence-corrected chi connectivity index (χ2v) is 3.31. The summed E-state index contributed by atoms with van der Waals surface area (Å²) in [4.78, 5) is 26.5. The van der Waals surface area contributed by atoms with Gasteiger partial charge < -0.3 is 5.32 Å². The highest BCUT2D eigenvalue weighted by atomic mass is 16.2. The van der Waals surface area contributed by atoms with Crippen molar-refractivity contribution in [3.8, 4) is 0 Å². The largest absolute Gasteiger partial charge is 0.338 e. The molecule has 86 valence electrons. The highest BCUT2D eigenvalue weighted by Gasteiger charge is 2.08. The molecule has 0 unspecified atom stereocenters. The third-order valence-corrected chi connectivity index (χ3v) is 1.97. The van der Waals surface area contributed by atoms with Gasteiger partial charge in [0, 0.05) is 18.9 Å². The Morgan fingerprint density at radius 1 is 1.44 bits per heavy atom. The second kappa shape index (κ2) is 6.55. The van der Waals surface area contributed by atoms with Gasteiger partial charge in [0.1, 0.15) is 0 Å². The number of nitrogens with one attached hydrogen (secondary N) is 2. The van der Waals surface area contributed by atoms with Crippen molar-refractivity contribution in [2.75, 3.05) is 6.54 Å². The topological polar surface area (TPSA) is 71.1 Å². The number of carbonyl (C=O) groups is 2. The van der Waals surface area contributed by atoms with Gasteiger partial charge in [-0.1, -0.05) is 13.3 Å². The van der Waals surface area contributed by atoms with Crippen molar-refractivity contribution >= 4 is 11.9 Å². The maximum atomic E-state index is 11.5. The van der Waals surface area contributed by atoms with E-state index >= 15 is 0 Å². The highest BCUT2D eigenvalue weighted by molar-refractivity contribution is 6.03. The summed E-state index contributed by atoms with van der Waals surface area (Å²) in [5.74, 6) is -0.443. The molecule has 0 saturated heterocycles. The van der Waals surface area contributed by atoms with E-state index in [1.54, 1.807) is 18.3 Å². The fraction of sp³-hybridized carbons (Fsp3) is 0.364. The van der Waals surface area contributed by atoms with E-state index in [1.807, 2.05) is 6.92 Å². The van der Waals surface area contributed by atoms with Gasteiger partial charge in [-0.2, -0.15) is 0 Å². The molecule has 1 rings (SSSR count). The van der Waals surface area contributed by atoms with Crippen molar-refractivity contribution in [3.05, 3.63) is 30.1 Å². The first kappa shape index (κ1) is 12.2. The summed E-state index contributed by atoms with van der Waals surface area (Å²) in [6.07, 6.45) is 4.87. The van der Waals surface area contributed by atoms with Crippen LogP contribution >= 0.6 is 0 Å². The molecule has 0 aromatic carbocycles. The quantitative estimate of drug-likeness (QED) is 0.753. The third kappa shape index (κ3) is 4.08. The molecule has 0 bridgehead atoms. The predicted molar refractivity (Wildman–Crippen MR) is 60.0 cm³/mol. The number of hydrogen-bond donors (Lipinski definition) is 2. The minimum absolute atomic E-state index is 0.369. The van der Waals surface area contributed by atoms with Crippen molar-refractivity contribution in [1.29, 1.82) is 0 Å². The number of carbonyl (C=O) groups excluding carboxylic acids is 2. The first-order valence-electron chi connectivity index (χ1n) is 5.23. The lowest BCUT2D eigenvalue weighted by atomic mass is 10.3. The van der Waals surface area contributed by atoms with Crippen molar-refractivity contribution in [1.82, 2.24) is 15.6 Å². The van der Waals surface area contributed by atoms with Gasteiger partial charge in [0.05, 0.1) is 5.56 Å². The Labute approximate surface area is 94.3 Å². The number of rotatable bonds is 4. The van der Waals surface area contributed by atoms with Gasteiger partial charge >= 0.3 is 6.03 Å². The molecule has 0 radical (unpaired) electrons. The lowest BCUT2D eigenvalue weighted by Crippen LogP contribution is -2.39. The van der Waals surface area contributed by atoms with E-state index in [0.29, 0.717) is 12.1 Å².